The second-order valence-corrected chi connectivity index (χ2v) is 17.0. The Kier molecular flexibility index (Phi) is 10.7. The van der Waals surface area contributed by atoms with Crippen molar-refractivity contribution in [3.05, 3.63) is 97.1 Å². The molecule has 5 N–H and O–H groups in total. The van der Waals surface area contributed by atoms with Gasteiger partial charge in [-0.05, 0) is 22.9 Å². The lowest BCUT2D eigenvalue weighted by atomic mass is 10.1. The van der Waals surface area contributed by atoms with Crippen LogP contribution in [-0.4, -0.2) is 104 Å². The summed E-state index contributed by atoms with van der Waals surface area (Å²) in [6.45, 7) is -4.16. The highest BCUT2D eigenvalue weighted by Crippen LogP contribution is 2.51. The van der Waals surface area contributed by atoms with Crippen LogP contribution in [0.5, 0.6) is 0 Å². The van der Waals surface area contributed by atoms with Gasteiger partial charge in [0.1, 0.15) is 49.8 Å². The van der Waals surface area contributed by atoms with Gasteiger partial charge in [0.2, 0.25) is 0 Å². The van der Waals surface area contributed by atoms with Crippen LogP contribution in [0, 0.1) is 0 Å². The van der Waals surface area contributed by atoms with Crippen LogP contribution in [0.1, 0.15) is 23.6 Å². The Hall–Kier alpha value is -4.47. The molecule has 10 unspecified atom stereocenters. The highest BCUT2D eigenvalue weighted by Gasteiger charge is 2.54. The average molecular weight is 838 g/mol. The van der Waals surface area contributed by atoms with Crippen molar-refractivity contribution in [2.75, 3.05) is 23.8 Å². The number of aromatic nitrogens is 8. The van der Waals surface area contributed by atoms with E-state index in [1.165, 1.54) is 34.4 Å². The number of rotatable bonds is 8. The van der Waals surface area contributed by atoms with Crippen molar-refractivity contribution in [1.29, 1.82) is 0 Å². The number of imidazole rings is 2. The highest BCUT2D eigenvalue weighted by atomic mass is 32.5. The molecule has 2 bridgehead atoms. The average Bonchev–Trinajstić information content (AvgIpc) is 3.99. The van der Waals surface area contributed by atoms with E-state index in [0.717, 1.165) is 11.1 Å². The lowest BCUT2D eigenvalue weighted by Crippen LogP contribution is -2.35. The van der Waals surface area contributed by atoms with Gasteiger partial charge in [-0.15, -0.1) is 9.05 Å². The third-order valence-corrected chi connectivity index (χ3v) is 12.0. The number of nitrogens with one attached hydrogen (secondary N) is 2. The fourth-order valence-corrected chi connectivity index (χ4v) is 9.12. The fraction of sp³-hybridized carbons (Fsp3) is 0.353. The number of aliphatic hydroxyl groups is 2. The molecule has 3 fully saturated rings. The summed E-state index contributed by atoms with van der Waals surface area (Å²) in [6.07, 6.45) is -4.59. The summed E-state index contributed by atoms with van der Waals surface area (Å²) < 4.78 is 51.6. The van der Waals surface area contributed by atoms with Crippen LogP contribution in [0.25, 0.3) is 22.3 Å². The van der Waals surface area contributed by atoms with E-state index >= 15 is 0 Å². The molecule has 0 amide bonds. The van der Waals surface area contributed by atoms with E-state index in [4.69, 9.17) is 39.4 Å². The topological polar surface area (TPSA) is 244 Å². The minimum Gasteiger partial charge on any atom is -0.387 e. The Bertz CT molecular complexity index is 2430. The molecule has 9 rings (SSSR count). The lowest BCUT2D eigenvalue weighted by Gasteiger charge is -2.26. The van der Waals surface area contributed by atoms with Gasteiger partial charge in [0, 0.05) is 17.7 Å². The third kappa shape index (κ3) is 7.77. The maximum Gasteiger partial charge on any atom is 0.697 e. The van der Waals surface area contributed by atoms with Crippen LogP contribution >= 0.6 is 15.0 Å². The maximum absolute atomic E-state index is 13.3. The van der Waals surface area contributed by atoms with Crippen molar-refractivity contribution < 1.29 is 47.2 Å². The van der Waals surface area contributed by atoms with Crippen molar-refractivity contribution >= 4 is 60.7 Å². The van der Waals surface area contributed by atoms with Crippen molar-refractivity contribution in [3.63, 3.8) is 0 Å². The molecule has 0 saturated carbocycles. The minimum atomic E-state index is -4.20. The Morgan fingerprint density at radius 3 is 1.89 bits per heavy atom. The van der Waals surface area contributed by atoms with Crippen LogP contribution in [0.15, 0.2) is 86.0 Å². The first-order chi connectivity index (χ1) is 27.7. The Morgan fingerprint density at radius 1 is 0.737 bits per heavy atom. The molecule has 3 saturated heterocycles. The molecule has 6 aromatic rings. The molecule has 0 aliphatic carbocycles. The maximum atomic E-state index is 13.3. The number of nitrogens with zero attached hydrogens (tertiary/aromatic N) is 8. The summed E-state index contributed by atoms with van der Waals surface area (Å²) in [7, 11) is -2.93. The first kappa shape index (κ1) is 38.1. The van der Waals surface area contributed by atoms with Gasteiger partial charge in [-0.2, -0.15) is 0 Å². The van der Waals surface area contributed by atoms with Gasteiger partial charge in [0.25, 0.3) is 0 Å². The molecular weight excluding hydrogens is 802 g/mol. The van der Waals surface area contributed by atoms with E-state index in [-0.39, 0.29) is 0 Å². The number of anilines is 2. The van der Waals surface area contributed by atoms with Crippen LogP contribution in [-0.2, 0) is 57.0 Å². The van der Waals surface area contributed by atoms with Crippen LogP contribution in [0.2, 0.25) is 0 Å². The molecule has 3 aliphatic rings. The molecule has 23 heteroatoms. The molecule has 2 aromatic carbocycles. The second kappa shape index (κ2) is 16.1. The molecule has 20 nitrogen and oxygen atoms in total. The summed E-state index contributed by atoms with van der Waals surface area (Å²) in [6, 6.07) is 19.5. The normalized spacial score (nSPS) is 30.1. The molecule has 296 valence electrons. The summed E-state index contributed by atoms with van der Waals surface area (Å²) in [5.74, 6) is 0.911. The van der Waals surface area contributed by atoms with Crippen molar-refractivity contribution in [1.82, 2.24) is 39.0 Å². The van der Waals surface area contributed by atoms with Crippen LogP contribution < -0.4 is 10.6 Å². The van der Waals surface area contributed by atoms with E-state index in [1.807, 2.05) is 60.7 Å². The SMILES string of the molecule is O=[P+]1OCC2OC(n3cnc4c(NCc5ccccc5)ncnc43)C(OP(O)(=S)OCC3OC(n4cnc5c(NCc6ccccc6)ncnc54)C(O)C3O1)C2O. The standard InChI is InChI=1S/C34H34N10O10P2S/c45-25-21-13-49-55(47)53-27-22(52-33(26(27)46)43-17-41-23-29(37-15-39-31(23)43)35-11-19-7-3-1-4-8-19)14-50-56(48,57)54-28(25)34(51-21)44-18-42-24-30(38-16-40-32(24)44)36-12-20-9-5-2-6-10-20/h1-10,15-18,21-22,25-28,33-34,45-46H,11-14H2,(H2-,35,36,37,38,39,40,48,57)/p+1. The molecule has 0 spiro atoms. The van der Waals surface area contributed by atoms with Gasteiger partial charge >= 0.3 is 15.0 Å². The van der Waals surface area contributed by atoms with Crippen molar-refractivity contribution in [3.8, 4) is 0 Å². The van der Waals surface area contributed by atoms with Gasteiger partial charge in [0.05, 0.1) is 19.3 Å². The van der Waals surface area contributed by atoms with E-state index in [9.17, 15) is 19.7 Å². The van der Waals surface area contributed by atoms with Gasteiger partial charge < -0.3 is 39.7 Å². The zero-order chi connectivity index (χ0) is 39.1. The van der Waals surface area contributed by atoms with Crippen molar-refractivity contribution in [2.45, 2.75) is 62.2 Å². The van der Waals surface area contributed by atoms with Crippen LogP contribution in [0.3, 0.4) is 0 Å². The zero-order valence-corrected chi connectivity index (χ0v) is 32.2. The number of benzene rings is 2. The number of hydrogen-bond acceptors (Lipinski definition) is 18. The van der Waals surface area contributed by atoms with E-state index in [2.05, 4.69) is 40.5 Å². The lowest BCUT2D eigenvalue weighted by molar-refractivity contribution is -0.0591. The summed E-state index contributed by atoms with van der Waals surface area (Å²) >= 11 is 5.42. The summed E-state index contributed by atoms with van der Waals surface area (Å²) in [5, 5.41) is 29.5. The first-order valence-corrected chi connectivity index (χ1v) is 21.4. The summed E-state index contributed by atoms with van der Waals surface area (Å²) in [4.78, 5) is 37.8. The van der Waals surface area contributed by atoms with Crippen LogP contribution in [0.4, 0.5) is 11.6 Å². The number of fused-ring (bicyclic) bond motifs is 5. The predicted octanol–water partition coefficient (Wildman–Crippen LogP) is 3.10. The zero-order valence-electron chi connectivity index (χ0n) is 29.6. The Labute approximate surface area is 329 Å². The highest BCUT2D eigenvalue weighted by molar-refractivity contribution is 8.07. The number of ether oxygens (including phenoxy) is 2. The van der Waals surface area contributed by atoms with Gasteiger partial charge in [0.15, 0.2) is 52.5 Å². The largest absolute Gasteiger partial charge is 0.697 e. The fourth-order valence-electron chi connectivity index (χ4n) is 6.92. The van der Waals surface area contributed by atoms with Gasteiger partial charge in [-0.1, -0.05) is 60.7 Å². The molecule has 10 atom stereocenters. The van der Waals surface area contributed by atoms with Crippen molar-refractivity contribution in [2.24, 2.45) is 0 Å². The molecule has 0 radical (unpaired) electrons. The van der Waals surface area contributed by atoms with E-state index < -0.39 is 77.3 Å². The Morgan fingerprint density at radius 2 is 1.30 bits per heavy atom. The molecule has 7 heterocycles. The molecular formula is C34H35N10O10P2S+. The minimum absolute atomic E-state index is 0.328. The van der Waals surface area contributed by atoms with E-state index in [0.29, 0.717) is 47.1 Å². The third-order valence-electron chi connectivity index (χ3n) is 9.70. The van der Waals surface area contributed by atoms with Gasteiger partial charge in [-0.3, -0.25) is 13.7 Å². The smallest absolute Gasteiger partial charge is 0.387 e. The monoisotopic (exact) mass is 837 g/mol. The van der Waals surface area contributed by atoms with E-state index in [1.54, 1.807) is 0 Å². The second-order valence-electron chi connectivity index (χ2n) is 13.3. The molecule has 3 aliphatic heterocycles. The number of hydrogen-bond donors (Lipinski definition) is 5. The quantitative estimate of drug-likeness (QED) is 0.138. The first-order valence-electron chi connectivity index (χ1n) is 17.7. The molecule has 4 aromatic heterocycles. The summed E-state index contributed by atoms with van der Waals surface area (Å²) in [5.41, 5.74) is 3.54. The van der Waals surface area contributed by atoms with Gasteiger partial charge in [-0.25, -0.2) is 29.9 Å². The molecule has 57 heavy (non-hydrogen) atoms. The predicted molar refractivity (Wildman–Crippen MR) is 204 cm³/mol. The number of aliphatic hydroxyl groups excluding tert-OH is 2. The Balaban J connectivity index is 0.942.